The van der Waals surface area contributed by atoms with Crippen LogP contribution in [0.5, 0.6) is 5.75 Å². The molecule has 0 saturated carbocycles. The minimum Gasteiger partial charge on any atom is -0.492 e. The quantitative estimate of drug-likeness (QED) is 0.857. The zero-order valence-corrected chi connectivity index (χ0v) is 13.5. The number of nitrogens with zero attached hydrogens (tertiary/aromatic N) is 1. The molecule has 1 amide bonds. The number of hydrogen-bond acceptors (Lipinski definition) is 3. The third-order valence-electron chi connectivity index (χ3n) is 4.06. The number of hydrogen-bond donors (Lipinski definition) is 1. The molecule has 2 aliphatic rings. The lowest BCUT2D eigenvalue weighted by Gasteiger charge is -2.37. The van der Waals surface area contributed by atoms with E-state index in [1.165, 1.54) is 0 Å². The van der Waals surface area contributed by atoms with Gasteiger partial charge in [-0.05, 0) is 37.1 Å². The molecule has 2 atom stereocenters. The molecule has 1 aromatic carbocycles. The first-order chi connectivity index (χ1) is 9.65. The molecule has 1 fully saturated rings. The zero-order chi connectivity index (χ0) is 14.1. The van der Waals surface area contributed by atoms with E-state index in [1.807, 2.05) is 23.1 Å². The Balaban J connectivity index is 0.00000161. The van der Waals surface area contributed by atoms with Gasteiger partial charge in [-0.3, -0.25) is 4.79 Å². The van der Waals surface area contributed by atoms with Gasteiger partial charge in [0.15, 0.2) is 0 Å². The van der Waals surface area contributed by atoms with Crippen LogP contribution in [0.1, 0.15) is 12.5 Å². The zero-order valence-electron chi connectivity index (χ0n) is 12.0. The van der Waals surface area contributed by atoms with E-state index in [2.05, 4.69) is 12.2 Å². The molecule has 21 heavy (non-hydrogen) atoms. The number of amides is 1. The highest BCUT2D eigenvalue weighted by molar-refractivity contribution is 6.30. The standard InChI is InChI=1S/C15H19ClN2O2.ClH/c1-10-8-17-4-5-18(10)15(19)12-6-11-7-13(16)2-3-14(11)20-9-12;/h2-3,7,10,12,17H,4-6,8-9H2,1H3;1H/t10-,12?;/m0./s1. The molecular formula is C15H20Cl2N2O2. The Bertz CT molecular complexity index is 524. The molecular weight excluding hydrogens is 311 g/mol. The first-order valence-electron chi connectivity index (χ1n) is 7.07. The molecule has 0 spiro atoms. The van der Waals surface area contributed by atoms with Crippen molar-refractivity contribution in [2.45, 2.75) is 19.4 Å². The van der Waals surface area contributed by atoms with Crippen molar-refractivity contribution >= 4 is 29.9 Å². The summed E-state index contributed by atoms with van der Waals surface area (Å²) in [5.41, 5.74) is 1.03. The fraction of sp³-hybridized carbons (Fsp3) is 0.533. The maximum Gasteiger partial charge on any atom is 0.229 e. The van der Waals surface area contributed by atoms with Gasteiger partial charge in [0.1, 0.15) is 12.4 Å². The molecule has 2 aliphatic heterocycles. The highest BCUT2D eigenvalue weighted by atomic mass is 35.5. The van der Waals surface area contributed by atoms with Gasteiger partial charge in [0, 0.05) is 30.7 Å². The molecule has 1 saturated heterocycles. The van der Waals surface area contributed by atoms with E-state index >= 15 is 0 Å². The van der Waals surface area contributed by atoms with Crippen molar-refractivity contribution in [3.63, 3.8) is 0 Å². The summed E-state index contributed by atoms with van der Waals surface area (Å²) in [6, 6.07) is 5.85. The molecule has 1 unspecified atom stereocenters. The van der Waals surface area contributed by atoms with E-state index in [4.69, 9.17) is 16.3 Å². The monoisotopic (exact) mass is 330 g/mol. The van der Waals surface area contributed by atoms with Crippen LogP contribution in [0.2, 0.25) is 5.02 Å². The fourth-order valence-corrected chi connectivity index (χ4v) is 3.12. The summed E-state index contributed by atoms with van der Waals surface area (Å²) in [5, 5.41) is 3.99. The van der Waals surface area contributed by atoms with Crippen LogP contribution in [0, 0.1) is 5.92 Å². The highest BCUT2D eigenvalue weighted by Gasteiger charge is 2.32. The van der Waals surface area contributed by atoms with E-state index in [-0.39, 0.29) is 30.3 Å². The van der Waals surface area contributed by atoms with Crippen molar-refractivity contribution in [3.8, 4) is 5.75 Å². The average Bonchev–Trinajstić information content (AvgIpc) is 2.46. The van der Waals surface area contributed by atoms with Crippen molar-refractivity contribution in [1.82, 2.24) is 10.2 Å². The number of ether oxygens (including phenoxy) is 1. The van der Waals surface area contributed by atoms with Gasteiger partial charge < -0.3 is 15.0 Å². The first-order valence-corrected chi connectivity index (χ1v) is 7.45. The Morgan fingerprint density at radius 2 is 2.29 bits per heavy atom. The first kappa shape index (κ1) is 16.4. The van der Waals surface area contributed by atoms with Gasteiger partial charge in [-0.15, -0.1) is 12.4 Å². The fourth-order valence-electron chi connectivity index (χ4n) is 2.92. The smallest absolute Gasteiger partial charge is 0.229 e. The third-order valence-corrected chi connectivity index (χ3v) is 4.30. The average molecular weight is 331 g/mol. The summed E-state index contributed by atoms with van der Waals surface area (Å²) in [6.07, 6.45) is 0.714. The van der Waals surface area contributed by atoms with Crippen LogP contribution >= 0.6 is 24.0 Å². The van der Waals surface area contributed by atoms with Crippen LogP contribution in [0.3, 0.4) is 0 Å². The summed E-state index contributed by atoms with van der Waals surface area (Å²) in [5.74, 6) is 0.956. The van der Waals surface area contributed by atoms with Crippen molar-refractivity contribution in [1.29, 1.82) is 0 Å². The van der Waals surface area contributed by atoms with Gasteiger partial charge in [-0.25, -0.2) is 0 Å². The number of piperazine rings is 1. The topological polar surface area (TPSA) is 41.6 Å². The third kappa shape index (κ3) is 3.44. The molecule has 4 nitrogen and oxygen atoms in total. The lowest BCUT2D eigenvalue weighted by molar-refractivity contribution is -0.139. The van der Waals surface area contributed by atoms with Crippen LogP contribution in [0.4, 0.5) is 0 Å². The summed E-state index contributed by atoms with van der Waals surface area (Å²) in [6.45, 7) is 5.05. The minimum absolute atomic E-state index is 0. The SMILES string of the molecule is C[C@H]1CNCCN1C(=O)C1COc2ccc(Cl)cc2C1.Cl. The van der Waals surface area contributed by atoms with Crippen LogP contribution in [-0.4, -0.2) is 43.1 Å². The van der Waals surface area contributed by atoms with Crippen LogP contribution < -0.4 is 10.1 Å². The second-order valence-corrected chi connectivity index (χ2v) is 5.99. The highest BCUT2D eigenvalue weighted by Crippen LogP contribution is 2.30. The van der Waals surface area contributed by atoms with Crippen molar-refractivity contribution in [2.75, 3.05) is 26.2 Å². The molecule has 1 aromatic rings. The minimum atomic E-state index is -0.0958. The number of halogens is 2. The van der Waals surface area contributed by atoms with Crippen LogP contribution in [-0.2, 0) is 11.2 Å². The molecule has 0 radical (unpaired) electrons. The van der Waals surface area contributed by atoms with Crippen molar-refractivity contribution in [2.24, 2.45) is 5.92 Å². The predicted octanol–water partition coefficient (Wildman–Crippen LogP) is 2.13. The second kappa shape index (κ2) is 6.86. The lowest BCUT2D eigenvalue weighted by atomic mass is 9.94. The number of carbonyl (C=O) groups is 1. The summed E-state index contributed by atoms with van der Waals surface area (Å²) < 4.78 is 5.72. The Hall–Kier alpha value is -0.970. The van der Waals surface area contributed by atoms with Crippen LogP contribution in [0.15, 0.2) is 18.2 Å². The normalized spacial score (nSPS) is 24.6. The molecule has 2 heterocycles. The van der Waals surface area contributed by atoms with E-state index in [1.54, 1.807) is 0 Å². The molecule has 116 valence electrons. The van der Waals surface area contributed by atoms with E-state index in [9.17, 15) is 4.79 Å². The van der Waals surface area contributed by atoms with Gasteiger partial charge in [0.2, 0.25) is 5.91 Å². The number of carbonyl (C=O) groups excluding carboxylic acids is 1. The Kier molecular flexibility index (Phi) is 5.36. The maximum atomic E-state index is 12.6. The van der Waals surface area contributed by atoms with E-state index < -0.39 is 0 Å². The number of benzene rings is 1. The molecule has 0 bridgehead atoms. The molecule has 0 aromatic heterocycles. The van der Waals surface area contributed by atoms with E-state index in [0.29, 0.717) is 18.1 Å². The number of nitrogens with one attached hydrogen (secondary N) is 1. The van der Waals surface area contributed by atoms with Gasteiger partial charge in [-0.1, -0.05) is 11.6 Å². The summed E-state index contributed by atoms with van der Waals surface area (Å²) >= 11 is 6.02. The summed E-state index contributed by atoms with van der Waals surface area (Å²) in [7, 11) is 0. The maximum absolute atomic E-state index is 12.6. The molecule has 3 rings (SSSR count). The molecule has 0 aliphatic carbocycles. The summed E-state index contributed by atoms with van der Waals surface area (Å²) in [4.78, 5) is 14.6. The Morgan fingerprint density at radius 1 is 1.48 bits per heavy atom. The van der Waals surface area contributed by atoms with Gasteiger partial charge in [0.05, 0.1) is 5.92 Å². The van der Waals surface area contributed by atoms with Crippen molar-refractivity contribution < 1.29 is 9.53 Å². The van der Waals surface area contributed by atoms with Crippen LogP contribution in [0.25, 0.3) is 0 Å². The Morgan fingerprint density at radius 3 is 3.05 bits per heavy atom. The van der Waals surface area contributed by atoms with Gasteiger partial charge in [0.25, 0.3) is 0 Å². The Labute approximate surface area is 136 Å². The predicted molar refractivity (Wildman–Crippen MR) is 85.4 cm³/mol. The van der Waals surface area contributed by atoms with E-state index in [0.717, 1.165) is 30.9 Å². The molecule has 6 heteroatoms. The van der Waals surface area contributed by atoms with Gasteiger partial charge >= 0.3 is 0 Å². The van der Waals surface area contributed by atoms with Crippen molar-refractivity contribution in [3.05, 3.63) is 28.8 Å². The largest absolute Gasteiger partial charge is 0.492 e. The van der Waals surface area contributed by atoms with Gasteiger partial charge in [-0.2, -0.15) is 0 Å². The number of fused-ring (bicyclic) bond motifs is 1. The second-order valence-electron chi connectivity index (χ2n) is 5.55. The lowest BCUT2D eigenvalue weighted by Crippen LogP contribution is -2.54. The molecule has 1 N–H and O–H groups in total. The number of rotatable bonds is 1.